The van der Waals surface area contributed by atoms with Crippen LogP contribution in [0.4, 0.5) is 0 Å². The summed E-state index contributed by atoms with van der Waals surface area (Å²) >= 11 is 0. The van der Waals surface area contributed by atoms with Gasteiger partial charge in [-0.1, -0.05) is 6.92 Å². The molecular formula is C7H16O3. The molecule has 1 atom stereocenters. The first-order valence-corrected chi connectivity index (χ1v) is 3.68. The quantitative estimate of drug-likeness (QED) is 0.564. The highest BCUT2D eigenvalue weighted by molar-refractivity contribution is 4.53. The summed E-state index contributed by atoms with van der Waals surface area (Å²) in [4.78, 5) is 0. The fourth-order valence-corrected chi connectivity index (χ4v) is 0.769. The fourth-order valence-electron chi connectivity index (χ4n) is 0.769. The number of aliphatic hydroxyl groups is 2. The maximum absolute atomic E-state index is 8.52. The van der Waals surface area contributed by atoms with Crippen LogP contribution in [0.5, 0.6) is 0 Å². The van der Waals surface area contributed by atoms with Gasteiger partial charge in [0, 0.05) is 6.61 Å². The third-order valence-corrected chi connectivity index (χ3v) is 1.35. The van der Waals surface area contributed by atoms with E-state index < -0.39 is 0 Å². The zero-order chi connectivity index (χ0) is 7.82. The summed E-state index contributed by atoms with van der Waals surface area (Å²) in [6.07, 6.45) is 1.66. The average Bonchev–Trinajstić information content (AvgIpc) is 1.98. The lowest BCUT2D eigenvalue weighted by molar-refractivity contribution is 0.0134. The van der Waals surface area contributed by atoms with Gasteiger partial charge in [-0.15, -0.1) is 0 Å². The van der Waals surface area contributed by atoms with E-state index in [1.807, 2.05) is 6.92 Å². The molecule has 2 N–H and O–H groups in total. The molecule has 0 aliphatic carbocycles. The van der Waals surface area contributed by atoms with E-state index in [0.717, 1.165) is 6.42 Å². The van der Waals surface area contributed by atoms with Gasteiger partial charge in [-0.3, -0.25) is 0 Å². The molecule has 0 aromatic rings. The molecule has 0 heterocycles. The Morgan fingerprint density at radius 2 is 2.00 bits per heavy atom. The Hall–Kier alpha value is -0.120. The van der Waals surface area contributed by atoms with Crippen LogP contribution in [0.1, 0.15) is 19.8 Å². The Balaban J connectivity index is 3.21. The van der Waals surface area contributed by atoms with Gasteiger partial charge in [0.2, 0.25) is 0 Å². The number of hydrogen-bond acceptors (Lipinski definition) is 3. The largest absolute Gasteiger partial charge is 0.396 e. The number of hydrogen-bond donors (Lipinski definition) is 2. The summed E-state index contributed by atoms with van der Waals surface area (Å²) < 4.78 is 5.17. The van der Waals surface area contributed by atoms with Gasteiger partial charge in [-0.25, -0.2) is 0 Å². The Morgan fingerprint density at radius 3 is 2.40 bits per heavy atom. The molecule has 0 rings (SSSR count). The van der Waals surface area contributed by atoms with Crippen molar-refractivity contribution >= 4 is 0 Å². The highest BCUT2D eigenvalue weighted by Crippen LogP contribution is 2.01. The Labute approximate surface area is 61.6 Å². The van der Waals surface area contributed by atoms with Gasteiger partial charge in [0.15, 0.2) is 0 Å². The van der Waals surface area contributed by atoms with E-state index >= 15 is 0 Å². The molecule has 0 radical (unpaired) electrons. The first-order chi connectivity index (χ1) is 4.85. The predicted octanol–water partition coefficient (Wildman–Crippen LogP) is 0.156. The van der Waals surface area contributed by atoms with Crippen LogP contribution in [0.25, 0.3) is 0 Å². The van der Waals surface area contributed by atoms with E-state index in [1.54, 1.807) is 0 Å². The van der Waals surface area contributed by atoms with Crippen LogP contribution >= 0.6 is 0 Å². The van der Waals surface area contributed by atoms with Crippen LogP contribution in [-0.2, 0) is 4.74 Å². The molecule has 62 valence electrons. The second kappa shape index (κ2) is 6.99. The highest BCUT2D eigenvalue weighted by atomic mass is 16.5. The topological polar surface area (TPSA) is 49.7 Å². The van der Waals surface area contributed by atoms with E-state index in [2.05, 4.69) is 0 Å². The summed E-state index contributed by atoms with van der Waals surface area (Å²) in [5.41, 5.74) is 0. The van der Waals surface area contributed by atoms with E-state index in [9.17, 15) is 0 Å². The summed E-state index contributed by atoms with van der Waals surface area (Å²) in [7, 11) is 0. The zero-order valence-corrected chi connectivity index (χ0v) is 6.42. The van der Waals surface area contributed by atoms with Crippen molar-refractivity contribution in [1.82, 2.24) is 0 Å². The number of aliphatic hydroxyl groups excluding tert-OH is 2. The Morgan fingerprint density at radius 1 is 1.30 bits per heavy atom. The van der Waals surface area contributed by atoms with Crippen molar-refractivity contribution in [3.63, 3.8) is 0 Å². The van der Waals surface area contributed by atoms with Crippen LogP contribution in [0.15, 0.2) is 0 Å². The number of rotatable bonds is 6. The summed E-state index contributed by atoms with van der Waals surface area (Å²) in [6, 6.07) is 0. The zero-order valence-electron chi connectivity index (χ0n) is 6.42. The average molecular weight is 148 g/mol. The molecule has 3 heteroatoms. The molecule has 0 spiro atoms. The van der Waals surface area contributed by atoms with Gasteiger partial charge in [-0.05, 0) is 12.8 Å². The summed E-state index contributed by atoms with van der Waals surface area (Å²) in [6.45, 7) is 2.59. The van der Waals surface area contributed by atoms with Gasteiger partial charge >= 0.3 is 0 Å². The molecule has 10 heavy (non-hydrogen) atoms. The minimum absolute atomic E-state index is 0.0575. The van der Waals surface area contributed by atoms with Crippen molar-refractivity contribution in [2.45, 2.75) is 25.9 Å². The van der Waals surface area contributed by atoms with Crippen LogP contribution in [-0.4, -0.2) is 36.1 Å². The number of ether oxygens (including phenoxy) is 1. The van der Waals surface area contributed by atoms with Crippen molar-refractivity contribution in [2.24, 2.45) is 0 Å². The molecular weight excluding hydrogens is 132 g/mol. The third-order valence-electron chi connectivity index (χ3n) is 1.35. The Bertz CT molecular complexity index is 65.9. The molecule has 3 nitrogen and oxygen atoms in total. The first kappa shape index (κ1) is 9.88. The minimum Gasteiger partial charge on any atom is -0.396 e. The second-order valence-corrected chi connectivity index (χ2v) is 2.14. The molecule has 0 saturated carbocycles. The maximum atomic E-state index is 8.52. The van der Waals surface area contributed by atoms with E-state index in [1.165, 1.54) is 0 Å². The van der Waals surface area contributed by atoms with Crippen LogP contribution in [0.3, 0.4) is 0 Å². The standard InChI is InChI=1S/C7H16O3/c1-2-7(3-4-8)10-6-5-9/h7-9H,2-6H2,1H3. The monoisotopic (exact) mass is 148 g/mol. The summed E-state index contributed by atoms with van der Waals surface area (Å²) in [5, 5.41) is 16.9. The third kappa shape index (κ3) is 4.73. The minimum atomic E-state index is 0.0575. The lowest BCUT2D eigenvalue weighted by Gasteiger charge is -2.12. The molecule has 0 aliphatic rings. The molecule has 0 aromatic heterocycles. The molecule has 1 unspecified atom stereocenters. The van der Waals surface area contributed by atoms with Gasteiger partial charge in [0.25, 0.3) is 0 Å². The molecule has 0 bridgehead atoms. The van der Waals surface area contributed by atoms with E-state index in [0.29, 0.717) is 13.0 Å². The molecule has 0 saturated heterocycles. The molecule has 0 amide bonds. The first-order valence-electron chi connectivity index (χ1n) is 3.68. The molecule has 0 fully saturated rings. The SMILES string of the molecule is CCC(CCO)OCCO. The van der Waals surface area contributed by atoms with Crippen molar-refractivity contribution < 1.29 is 14.9 Å². The molecule has 0 aromatic carbocycles. The van der Waals surface area contributed by atoms with Crippen molar-refractivity contribution in [3.8, 4) is 0 Å². The maximum Gasteiger partial charge on any atom is 0.0701 e. The molecule has 0 aliphatic heterocycles. The van der Waals surface area contributed by atoms with E-state index in [-0.39, 0.29) is 19.3 Å². The van der Waals surface area contributed by atoms with E-state index in [4.69, 9.17) is 14.9 Å². The lowest BCUT2D eigenvalue weighted by Crippen LogP contribution is -2.15. The van der Waals surface area contributed by atoms with Gasteiger partial charge in [-0.2, -0.15) is 0 Å². The van der Waals surface area contributed by atoms with Crippen molar-refractivity contribution in [3.05, 3.63) is 0 Å². The highest BCUT2D eigenvalue weighted by Gasteiger charge is 2.03. The lowest BCUT2D eigenvalue weighted by atomic mass is 10.2. The van der Waals surface area contributed by atoms with Crippen LogP contribution < -0.4 is 0 Å². The van der Waals surface area contributed by atoms with Gasteiger partial charge < -0.3 is 14.9 Å². The predicted molar refractivity (Wildman–Crippen MR) is 38.8 cm³/mol. The second-order valence-electron chi connectivity index (χ2n) is 2.14. The van der Waals surface area contributed by atoms with Crippen molar-refractivity contribution in [2.75, 3.05) is 19.8 Å². The van der Waals surface area contributed by atoms with Crippen LogP contribution in [0.2, 0.25) is 0 Å². The Kier molecular flexibility index (Phi) is 6.91. The normalized spacial score (nSPS) is 13.5. The van der Waals surface area contributed by atoms with Gasteiger partial charge in [0.1, 0.15) is 0 Å². The smallest absolute Gasteiger partial charge is 0.0701 e. The van der Waals surface area contributed by atoms with Crippen LogP contribution in [0, 0.1) is 0 Å². The summed E-state index contributed by atoms with van der Waals surface area (Å²) in [5.74, 6) is 0. The fraction of sp³-hybridized carbons (Fsp3) is 1.00. The van der Waals surface area contributed by atoms with Crippen molar-refractivity contribution in [1.29, 1.82) is 0 Å². The van der Waals surface area contributed by atoms with Gasteiger partial charge in [0.05, 0.1) is 19.3 Å².